The minimum atomic E-state index is -0.653. The number of amides is 1. The maximum Gasteiger partial charge on any atom is 0.267 e. The number of carbonyl (C=O) groups excluding carboxylic acids is 1. The van der Waals surface area contributed by atoms with Crippen LogP contribution in [0.3, 0.4) is 0 Å². The lowest BCUT2D eigenvalue weighted by molar-refractivity contribution is 0.0995. The average molecular weight is 177 g/mol. The van der Waals surface area contributed by atoms with Crippen molar-refractivity contribution < 1.29 is 9.18 Å². The summed E-state index contributed by atoms with van der Waals surface area (Å²) in [6.45, 7) is 0. The van der Waals surface area contributed by atoms with E-state index < -0.39 is 11.7 Å². The molecule has 0 fully saturated rings. The number of hydrogen-bond donors (Lipinski definition) is 1. The van der Waals surface area contributed by atoms with Crippen LogP contribution < -0.4 is 5.73 Å². The Morgan fingerprint density at radius 1 is 1.55 bits per heavy atom. The van der Waals surface area contributed by atoms with Gasteiger partial charge in [0, 0.05) is 0 Å². The van der Waals surface area contributed by atoms with Gasteiger partial charge in [0.25, 0.3) is 5.91 Å². The highest BCUT2D eigenvalue weighted by molar-refractivity contribution is 5.90. The molecule has 1 rings (SSSR count). The van der Waals surface area contributed by atoms with Crippen molar-refractivity contribution in [1.29, 1.82) is 0 Å². The first-order chi connectivity index (χ1) is 4.70. The van der Waals surface area contributed by atoms with E-state index in [-0.39, 0.29) is 18.1 Å². The Balaban J connectivity index is 0.000001000. The number of aromatic nitrogens is 1. The van der Waals surface area contributed by atoms with E-state index in [1.807, 2.05) is 0 Å². The molecular formula is C6H6ClFN2O. The first-order valence-corrected chi connectivity index (χ1v) is 2.61. The van der Waals surface area contributed by atoms with Crippen LogP contribution in [0, 0.1) is 5.82 Å². The topological polar surface area (TPSA) is 56.0 Å². The second kappa shape index (κ2) is 3.88. The summed E-state index contributed by atoms with van der Waals surface area (Å²) in [6.07, 6.45) is 0.945. The van der Waals surface area contributed by atoms with Crippen molar-refractivity contribution in [1.82, 2.24) is 4.98 Å². The maximum atomic E-state index is 12.1. The number of hydrogen-bond acceptors (Lipinski definition) is 2. The van der Waals surface area contributed by atoms with Crippen LogP contribution in [0.25, 0.3) is 0 Å². The second-order valence-corrected chi connectivity index (χ2v) is 1.73. The van der Waals surface area contributed by atoms with E-state index in [1.54, 1.807) is 0 Å². The van der Waals surface area contributed by atoms with Crippen LogP contribution in [-0.4, -0.2) is 10.9 Å². The van der Waals surface area contributed by atoms with Gasteiger partial charge in [-0.2, -0.15) is 0 Å². The van der Waals surface area contributed by atoms with Gasteiger partial charge >= 0.3 is 0 Å². The highest BCUT2D eigenvalue weighted by Crippen LogP contribution is 1.95. The first kappa shape index (κ1) is 9.84. The number of carbonyl (C=O) groups is 1. The molecule has 0 bridgehead atoms. The van der Waals surface area contributed by atoms with Gasteiger partial charge in [-0.1, -0.05) is 0 Å². The number of halogens is 2. The van der Waals surface area contributed by atoms with Gasteiger partial charge in [0.1, 0.15) is 11.5 Å². The van der Waals surface area contributed by atoms with Crippen LogP contribution in [0.2, 0.25) is 0 Å². The maximum absolute atomic E-state index is 12.1. The zero-order valence-corrected chi connectivity index (χ0v) is 6.27. The fourth-order valence-electron chi connectivity index (χ4n) is 0.522. The van der Waals surface area contributed by atoms with E-state index in [0.717, 1.165) is 12.3 Å². The molecule has 3 nitrogen and oxygen atoms in total. The standard InChI is InChI=1S/C6H5FN2O.ClH/c7-4-1-2-5(6(8)10)9-3-4;/h1-3H,(H2,8,10);1H. The predicted octanol–water partition coefficient (Wildman–Crippen LogP) is 0.741. The van der Waals surface area contributed by atoms with E-state index >= 15 is 0 Å². The second-order valence-electron chi connectivity index (χ2n) is 1.73. The normalized spacial score (nSPS) is 8.45. The summed E-state index contributed by atoms with van der Waals surface area (Å²) in [5, 5.41) is 0. The van der Waals surface area contributed by atoms with Gasteiger partial charge in [-0.15, -0.1) is 12.4 Å². The molecule has 0 saturated carbocycles. The molecule has 0 radical (unpaired) electrons. The molecule has 0 aromatic carbocycles. The van der Waals surface area contributed by atoms with Gasteiger partial charge in [-0.25, -0.2) is 9.37 Å². The van der Waals surface area contributed by atoms with Crippen LogP contribution in [0.15, 0.2) is 18.3 Å². The van der Waals surface area contributed by atoms with Crippen molar-refractivity contribution in [3.8, 4) is 0 Å². The zero-order chi connectivity index (χ0) is 7.56. The Bertz CT molecular complexity index is 249. The third-order valence-corrected chi connectivity index (χ3v) is 0.980. The molecular weight excluding hydrogens is 171 g/mol. The molecule has 60 valence electrons. The first-order valence-electron chi connectivity index (χ1n) is 2.61. The van der Waals surface area contributed by atoms with E-state index in [2.05, 4.69) is 4.98 Å². The lowest BCUT2D eigenvalue weighted by Crippen LogP contribution is -2.12. The molecule has 0 atom stereocenters. The molecule has 0 aliphatic heterocycles. The molecule has 1 aromatic heterocycles. The highest BCUT2D eigenvalue weighted by atomic mass is 35.5. The van der Waals surface area contributed by atoms with Crippen LogP contribution in [0.4, 0.5) is 4.39 Å². The third kappa shape index (κ3) is 2.51. The van der Waals surface area contributed by atoms with Crippen molar-refractivity contribution in [2.45, 2.75) is 0 Å². The van der Waals surface area contributed by atoms with Gasteiger partial charge in [-0.05, 0) is 12.1 Å². The van der Waals surface area contributed by atoms with Gasteiger partial charge < -0.3 is 5.73 Å². The van der Waals surface area contributed by atoms with Crippen molar-refractivity contribution in [3.05, 3.63) is 29.8 Å². The number of rotatable bonds is 1. The van der Waals surface area contributed by atoms with Crippen molar-refractivity contribution >= 4 is 18.3 Å². The summed E-state index contributed by atoms with van der Waals surface area (Å²) in [4.78, 5) is 13.8. The predicted molar refractivity (Wildman–Crippen MR) is 40.0 cm³/mol. The smallest absolute Gasteiger partial charge is 0.267 e. The molecule has 0 aliphatic carbocycles. The molecule has 5 heteroatoms. The van der Waals surface area contributed by atoms with Crippen molar-refractivity contribution in [2.75, 3.05) is 0 Å². The van der Waals surface area contributed by atoms with E-state index in [9.17, 15) is 9.18 Å². The van der Waals surface area contributed by atoms with Crippen molar-refractivity contribution in [3.63, 3.8) is 0 Å². The van der Waals surface area contributed by atoms with Gasteiger partial charge in [0.05, 0.1) is 6.20 Å². The molecule has 2 N–H and O–H groups in total. The summed E-state index contributed by atoms with van der Waals surface area (Å²) in [7, 11) is 0. The molecule has 0 aliphatic rings. The number of nitrogens with two attached hydrogens (primary N) is 1. The average Bonchev–Trinajstić information content (AvgIpc) is 1.88. The number of pyridine rings is 1. The van der Waals surface area contributed by atoms with Crippen LogP contribution in [0.5, 0.6) is 0 Å². The minimum Gasteiger partial charge on any atom is -0.364 e. The van der Waals surface area contributed by atoms with E-state index in [4.69, 9.17) is 5.73 Å². The van der Waals surface area contributed by atoms with Crippen molar-refractivity contribution in [2.24, 2.45) is 5.73 Å². The van der Waals surface area contributed by atoms with E-state index in [1.165, 1.54) is 6.07 Å². The molecule has 0 unspecified atom stereocenters. The lowest BCUT2D eigenvalue weighted by atomic mass is 10.3. The summed E-state index contributed by atoms with van der Waals surface area (Å²) in [5.74, 6) is -1.13. The largest absolute Gasteiger partial charge is 0.364 e. The van der Waals surface area contributed by atoms with Gasteiger partial charge in [0.2, 0.25) is 0 Å². The van der Waals surface area contributed by atoms with Gasteiger partial charge in [0.15, 0.2) is 0 Å². The molecule has 1 aromatic rings. The molecule has 1 amide bonds. The van der Waals surface area contributed by atoms with Crippen LogP contribution in [-0.2, 0) is 0 Å². The SMILES string of the molecule is Cl.NC(=O)c1ccc(F)cn1. The minimum absolute atomic E-state index is 0. The highest BCUT2D eigenvalue weighted by Gasteiger charge is 1.99. The Hall–Kier alpha value is -1.16. The Morgan fingerprint density at radius 3 is 2.55 bits per heavy atom. The fourth-order valence-corrected chi connectivity index (χ4v) is 0.522. The van der Waals surface area contributed by atoms with Crippen LogP contribution in [0.1, 0.15) is 10.5 Å². The summed E-state index contributed by atoms with van der Waals surface area (Å²) in [6, 6.07) is 2.37. The fraction of sp³-hybridized carbons (Fsp3) is 0. The van der Waals surface area contributed by atoms with Crippen LogP contribution >= 0.6 is 12.4 Å². The molecule has 0 saturated heterocycles. The van der Waals surface area contributed by atoms with Gasteiger partial charge in [-0.3, -0.25) is 4.79 Å². The Labute approximate surface area is 68.8 Å². The summed E-state index contributed by atoms with van der Waals surface area (Å²) in [5.41, 5.74) is 4.91. The summed E-state index contributed by atoms with van der Waals surface area (Å²) >= 11 is 0. The Kier molecular flexibility index (Phi) is 3.47. The monoisotopic (exact) mass is 176 g/mol. The van der Waals surface area contributed by atoms with E-state index in [0.29, 0.717) is 0 Å². The quantitative estimate of drug-likeness (QED) is 0.686. The Morgan fingerprint density at radius 2 is 2.18 bits per heavy atom. The third-order valence-electron chi connectivity index (χ3n) is 0.980. The molecule has 0 spiro atoms. The summed E-state index contributed by atoms with van der Waals surface area (Å²) < 4.78 is 12.1. The number of primary amides is 1. The molecule has 1 heterocycles. The zero-order valence-electron chi connectivity index (χ0n) is 5.45. The lowest BCUT2D eigenvalue weighted by Gasteiger charge is -1.90. The number of nitrogens with zero attached hydrogens (tertiary/aromatic N) is 1. The molecule has 11 heavy (non-hydrogen) atoms.